The summed E-state index contributed by atoms with van der Waals surface area (Å²) in [5.74, 6) is -0.0196. The van der Waals surface area contributed by atoms with E-state index in [1.807, 2.05) is 42.5 Å². The van der Waals surface area contributed by atoms with Gasteiger partial charge in [0.15, 0.2) is 0 Å². The number of hydrogen-bond acceptors (Lipinski definition) is 5. The van der Waals surface area contributed by atoms with E-state index in [4.69, 9.17) is 5.73 Å². The van der Waals surface area contributed by atoms with Crippen LogP contribution in [0.25, 0.3) is 10.8 Å². The van der Waals surface area contributed by atoms with E-state index in [2.05, 4.69) is 38.3 Å². The second-order valence-corrected chi connectivity index (χ2v) is 11.7. The van der Waals surface area contributed by atoms with Crippen LogP contribution in [0, 0.1) is 17.8 Å². The fraction of sp³-hybridized carbons (Fsp3) is 0.581. The Morgan fingerprint density at radius 3 is 2.33 bits per heavy atom. The predicted molar refractivity (Wildman–Crippen MR) is 155 cm³/mol. The van der Waals surface area contributed by atoms with Crippen LogP contribution in [0.4, 0.5) is 0 Å². The molecule has 1 aliphatic heterocycles. The molecule has 0 bridgehead atoms. The Hall–Kier alpha value is -2.97. The molecule has 1 heterocycles. The van der Waals surface area contributed by atoms with Crippen molar-refractivity contribution >= 4 is 28.5 Å². The van der Waals surface area contributed by atoms with Crippen molar-refractivity contribution in [2.24, 2.45) is 23.5 Å². The van der Waals surface area contributed by atoms with E-state index in [0.29, 0.717) is 24.8 Å². The summed E-state index contributed by atoms with van der Waals surface area (Å²) in [5.41, 5.74) is 6.40. The molecular formula is C31H46N4O4. The van der Waals surface area contributed by atoms with E-state index in [-0.39, 0.29) is 37.2 Å². The second kappa shape index (κ2) is 14.4. The van der Waals surface area contributed by atoms with E-state index in [0.717, 1.165) is 35.6 Å². The average molecular weight is 539 g/mol. The van der Waals surface area contributed by atoms with Gasteiger partial charge in [-0.25, -0.2) is 0 Å². The normalized spacial score (nSPS) is 17.2. The molecule has 3 rings (SSSR count). The standard InChI is InChI=1S/C31H46N4O4/c1-20(2)14-25(15-21(3)4)31(39)35-13-7-10-28(35)30(38)34-27(29(37)33-19-26(36)18-32)17-22-11-12-23-8-5-6-9-24(23)16-22/h5-6,8-9,11-12,16,20-21,25-28,36H,7,10,13-15,17-19,32H2,1-4H3,(H,33,37)(H,34,38)/t26?,27-,28+/m1/s1. The molecule has 1 fully saturated rings. The minimum atomic E-state index is -0.868. The van der Waals surface area contributed by atoms with Crippen LogP contribution >= 0.6 is 0 Å². The zero-order chi connectivity index (χ0) is 28.5. The zero-order valence-corrected chi connectivity index (χ0v) is 23.9. The first-order chi connectivity index (χ1) is 18.6. The number of carbonyl (C=O) groups excluding carboxylic acids is 3. The highest BCUT2D eigenvalue weighted by Crippen LogP contribution is 2.27. The average Bonchev–Trinajstić information content (AvgIpc) is 3.40. The van der Waals surface area contributed by atoms with Gasteiger partial charge in [-0.3, -0.25) is 14.4 Å². The van der Waals surface area contributed by atoms with Gasteiger partial charge in [0.05, 0.1) is 6.10 Å². The molecule has 1 aliphatic rings. The number of nitrogens with zero attached hydrogens (tertiary/aromatic N) is 1. The summed E-state index contributed by atoms with van der Waals surface area (Å²) in [6.45, 7) is 9.04. The molecule has 39 heavy (non-hydrogen) atoms. The van der Waals surface area contributed by atoms with Gasteiger partial charge in [0.1, 0.15) is 12.1 Å². The van der Waals surface area contributed by atoms with Crippen LogP contribution in [0.5, 0.6) is 0 Å². The third-order valence-corrected chi connectivity index (χ3v) is 7.37. The Kier molecular flexibility index (Phi) is 11.3. The van der Waals surface area contributed by atoms with Gasteiger partial charge < -0.3 is 26.4 Å². The fourth-order valence-electron chi connectivity index (χ4n) is 5.48. The van der Waals surface area contributed by atoms with Gasteiger partial charge in [0.25, 0.3) is 0 Å². The molecule has 8 heteroatoms. The van der Waals surface area contributed by atoms with Crippen molar-refractivity contribution in [2.75, 3.05) is 19.6 Å². The molecule has 0 spiro atoms. The number of amides is 3. The van der Waals surface area contributed by atoms with Crippen LogP contribution in [-0.2, 0) is 20.8 Å². The van der Waals surface area contributed by atoms with E-state index in [1.54, 1.807) is 4.90 Å². The first kappa shape index (κ1) is 30.6. The van der Waals surface area contributed by atoms with Gasteiger partial charge in [-0.15, -0.1) is 0 Å². The number of aliphatic hydroxyl groups is 1. The molecule has 214 valence electrons. The molecule has 0 aliphatic carbocycles. The Bertz CT molecular complexity index is 1110. The van der Waals surface area contributed by atoms with Crippen LogP contribution in [0.15, 0.2) is 42.5 Å². The highest BCUT2D eigenvalue weighted by atomic mass is 16.3. The maximum atomic E-state index is 13.6. The lowest BCUT2D eigenvalue weighted by atomic mass is 9.88. The van der Waals surface area contributed by atoms with Gasteiger partial charge in [0.2, 0.25) is 17.7 Å². The van der Waals surface area contributed by atoms with Crippen molar-refractivity contribution in [3.05, 3.63) is 48.0 Å². The molecule has 8 nitrogen and oxygen atoms in total. The van der Waals surface area contributed by atoms with E-state index < -0.39 is 24.1 Å². The highest BCUT2D eigenvalue weighted by Gasteiger charge is 2.38. The number of aliphatic hydroxyl groups excluding tert-OH is 1. The smallest absolute Gasteiger partial charge is 0.243 e. The number of fused-ring (bicyclic) bond motifs is 1. The minimum absolute atomic E-state index is 0.000448. The first-order valence-corrected chi connectivity index (χ1v) is 14.3. The number of nitrogens with one attached hydrogen (secondary N) is 2. The summed E-state index contributed by atoms with van der Waals surface area (Å²) in [6, 6.07) is 12.5. The van der Waals surface area contributed by atoms with Crippen molar-refractivity contribution in [2.45, 2.75) is 78.0 Å². The summed E-state index contributed by atoms with van der Waals surface area (Å²) < 4.78 is 0. The summed E-state index contributed by atoms with van der Waals surface area (Å²) in [5, 5.41) is 17.7. The summed E-state index contributed by atoms with van der Waals surface area (Å²) >= 11 is 0. The molecule has 1 saturated heterocycles. The summed E-state index contributed by atoms with van der Waals surface area (Å²) in [7, 11) is 0. The van der Waals surface area contributed by atoms with Gasteiger partial charge in [0, 0.05) is 32.0 Å². The Labute approximate surface area is 232 Å². The number of hydrogen-bond donors (Lipinski definition) is 4. The number of benzene rings is 2. The predicted octanol–water partition coefficient (Wildman–Crippen LogP) is 3.00. The van der Waals surface area contributed by atoms with Crippen molar-refractivity contribution < 1.29 is 19.5 Å². The number of nitrogens with two attached hydrogens (primary N) is 1. The van der Waals surface area contributed by atoms with E-state index in [1.165, 1.54) is 0 Å². The van der Waals surface area contributed by atoms with Gasteiger partial charge in [-0.1, -0.05) is 70.2 Å². The van der Waals surface area contributed by atoms with Gasteiger partial charge in [-0.2, -0.15) is 0 Å². The lowest BCUT2D eigenvalue weighted by Gasteiger charge is -2.31. The minimum Gasteiger partial charge on any atom is -0.390 e. The lowest BCUT2D eigenvalue weighted by Crippen LogP contribution is -2.55. The Morgan fingerprint density at radius 1 is 1.03 bits per heavy atom. The topological polar surface area (TPSA) is 125 Å². The molecular weight excluding hydrogens is 492 g/mol. The van der Waals surface area contributed by atoms with Gasteiger partial charge >= 0.3 is 0 Å². The molecule has 2 aromatic rings. The van der Waals surface area contributed by atoms with Crippen LogP contribution in [0.3, 0.4) is 0 Å². The third-order valence-electron chi connectivity index (χ3n) is 7.37. The monoisotopic (exact) mass is 538 g/mol. The molecule has 0 radical (unpaired) electrons. The molecule has 3 amide bonds. The van der Waals surface area contributed by atoms with Crippen molar-refractivity contribution in [1.29, 1.82) is 0 Å². The summed E-state index contributed by atoms with van der Waals surface area (Å²) in [6.07, 6.45) is 2.32. The largest absolute Gasteiger partial charge is 0.390 e. The Balaban J connectivity index is 1.78. The Morgan fingerprint density at radius 2 is 1.69 bits per heavy atom. The maximum Gasteiger partial charge on any atom is 0.243 e. The van der Waals surface area contributed by atoms with Crippen LogP contribution in [0.2, 0.25) is 0 Å². The molecule has 3 atom stereocenters. The number of likely N-dealkylation sites (tertiary alicyclic amines) is 1. The fourth-order valence-corrected chi connectivity index (χ4v) is 5.48. The van der Waals surface area contributed by atoms with E-state index in [9.17, 15) is 19.5 Å². The van der Waals surface area contributed by atoms with Gasteiger partial charge in [-0.05, 0) is 53.9 Å². The SMILES string of the molecule is CC(C)CC(CC(C)C)C(=O)N1CCC[C@H]1C(=O)N[C@H](Cc1ccc2ccccc2c1)C(=O)NCC(O)CN. The second-order valence-electron chi connectivity index (χ2n) is 11.7. The number of carbonyl (C=O) groups is 3. The molecule has 2 aromatic carbocycles. The van der Waals surface area contributed by atoms with Crippen LogP contribution in [0.1, 0.15) is 58.9 Å². The maximum absolute atomic E-state index is 13.6. The van der Waals surface area contributed by atoms with Crippen molar-refractivity contribution in [1.82, 2.24) is 15.5 Å². The van der Waals surface area contributed by atoms with Crippen molar-refractivity contribution in [3.8, 4) is 0 Å². The summed E-state index contributed by atoms with van der Waals surface area (Å²) in [4.78, 5) is 42.1. The molecule has 0 saturated carbocycles. The lowest BCUT2D eigenvalue weighted by molar-refractivity contribution is -0.143. The number of rotatable bonds is 13. The molecule has 5 N–H and O–H groups in total. The van der Waals surface area contributed by atoms with Crippen molar-refractivity contribution in [3.63, 3.8) is 0 Å². The zero-order valence-electron chi connectivity index (χ0n) is 23.9. The first-order valence-electron chi connectivity index (χ1n) is 14.3. The highest BCUT2D eigenvalue weighted by molar-refractivity contribution is 5.93. The van der Waals surface area contributed by atoms with Crippen LogP contribution < -0.4 is 16.4 Å². The molecule has 0 aromatic heterocycles. The third kappa shape index (κ3) is 8.77. The van der Waals surface area contributed by atoms with Crippen LogP contribution in [-0.4, -0.2) is 65.5 Å². The van der Waals surface area contributed by atoms with E-state index >= 15 is 0 Å². The molecule has 1 unspecified atom stereocenters. The quantitative estimate of drug-likeness (QED) is 0.312.